The Morgan fingerprint density at radius 3 is 2.44 bits per heavy atom. The molecule has 48 heavy (non-hydrogen) atoms. The summed E-state index contributed by atoms with van der Waals surface area (Å²) in [5.74, 6) is -2.47. The number of hydrogen-bond donors (Lipinski definition) is 1. The second-order valence-corrected chi connectivity index (χ2v) is 14.5. The number of carbonyl (C=O) groups excluding carboxylic acids is 1. The van der Waals surface area contributed by atoms with Crippen molar-refractivity contribution < 1.29 is 26.7 Å². The molecule has 1 atom stereocenters. The minimum absolute atomic E-state index is 0.00603. The van der Waals surface area contributed by atoms with Crippen molar-refractivity contribution in [3.8, 4) is 17.1 Å². The number of hydrogen-bond acceptors (Lipinski definition) is 9. The molecule has 1 aliphatic carbocycles. The maximum atomic E-state index is 14.3. The Hall–Kier alpha value is -4.72. The highest BCUT2D eigenvalue weighted by molar-refractivity contribution is 7.92. The zero-order valence-corrected chi connectivity index (χ0v) is 27.4. The number of aromatic nitrogens is 4. The quantitative estimate of drug-likeness (QED) is 0.286. The van der Waals surface area contributed by atoms with Crippen molar-refractivity contribution in [3.05, 3.63) is 83.4 Å². The fraction of sp³-hybridized carbons (Fsp3) is 0.382. The second-order valence-electron chi connectivity index (χ2n) is 12.8. The van der Waals surface area contributed by atoms with Crippen molar-refractivity contribution in [2.45, 2.75) is 62.9 Å². The summed E-state index contributed by atoms with van der Waals surface area (Å²) in [7, 11) is -4.21. The van der Waals surface area contributed by atoms with Crippen LogP contribution in [0, 0.1) is 19.8 Å². The molecule has 2 aromatic heterocycles. The van der Waals surface area contributed by atoms with Crippen molar-refractivity contribution in [2.75, 3.05) is 29.3 Å². The highest BCUT2D eigenvalue weighted by Crippen LogP contribution is 2.36. The van der Waals surface area contributed by atoms with E-state index in [1.807, 2.05) is 32.0 Å². The van der Waals surface area contributed by atoms with Gasteiger partial charge in [0.15, 0.2) is 0 Å². The van der Waals surface area contributed by atoms with Crippen LogP contribution in [0.1, 0.15) is 53.0 Å². The first-order valence-corrected chi connectivity index (χ1v) is 17.4. The zero-order chi connectivity index (χ0) is 33.6. The zero-order valence-electron chi connectivity index (χ0n) is 26.6. The van der Waals surface area contributed by atoms with Gasteiger partial charge in [-0.2, -0.15) is 4.98 Å². The number of benzene rings is 2. The molecule has 2 fully saturated rings. The number of nitrogens with one attached hydrogen (secondary N) is 1. The van der Waals surface area contributed by atoms with Gasteiger partial charge < -0.3 is 14.5 Å². The Kier molecular flexibility index (Phi) is 8.22. The van der Waals surface area contributed by atoms with E-state index in [9.17, 15) is 22.0 Å². The van der Waals surface area contributed by atoms with Crippen LogP contribution in [-0.4, -0.2) is 70.8 Å². The van der Waals surface area contributed by atoms with E-state index in [0.717, 1.165) is 29.5 Å². The molecule has 250 valence electrons. The minimum Gasteiger partial charge on any atom is -0.475 e. The normalized spacial score (nSPS) is 20.2. The number of rotatable bonds is 6. The first kappa shape index (κ1) is 31.9. The van der Waals surface area contributed by atoms with Crippen LogP contribution < -0.4 is 14.4 Å². The number of alkyl halides is 2. The molecular formula is C34H35F2N7O4S. The molecule has 3 aliphatic rings. The molecular weight excluding hydrogens is 640 g/mol. The summed E-state index contributed by atoms with van der Waals surface area (Å²) < 4.78 is 63.7. The van der Waals surface area contributed by atoms with E-state index in [4.69, 9.17) is 4.74 Å². The number of halogens is 2. The number of fused-ring (bicyclic) bond motifs is 4. The van der Waals surface area contributed by atoms with E-state index in [2.05, 4.69) is 24.7 Å². The molecule has 1 N–H and O–H groups in total. The van der Waals surface area contributed by atoms with Crippen LogP contribution in [0.4, 0.5) is 20.4 Å². The standard InChI is InChI=1S/C34H35F2N7O4S/c1-21-5-3-6-22(2)31(21)28-15-30-40-33(39-28)41-48(45,46)27-8-4-7-24(14-27)32(44)43(25(19-47-30)13-23-9-10-23)18-29-37-16-26(17-38-29)42-12-11-34(35,36)20-42/h3-8,14-17,23,25H,9-13,18-20H2,1-2H3,(H,39,40,41)/t25-/m1/s1. The minimum atomic E-state index is -4.21. The molecule has 4 aromatic rings. The van der Waals surface area contributed by atoms with Crippen molar-refractivity contribution in [3.63, 3.8) is 0 Å². The molecule has 2 aliphatic heterocycles. The van der Waals surface area contributed by atoms with Gasteiger partial charge in [-0.05, 0) is 55.5 Å². The fourth-order valence-corrected chi connectivity index (χ4v) is 7.30. The van der Waals surface area contributed by atoms with Crippen LogP contribution in [0.5, 0.6) is 5.88 Å². The lowest BCUT2D eigenvalue weighted by Gasteiger charge is -2.31. The summed E-state index contributed by atoms with van der Waals surface area (Å²) in [6.07, 6.45) is 5.45. The Labute approximate surface area is 277 Å². The average molecular weight is 676 g/mol. The van der Waals surface area contributed by atoms with Crippen LogP contribution in [0.25, 0.3) is 11.3 Å². The molecule has 2 aromatic carbocycles. The van der Waals surface area contributed by atoms with Crippen LogP contribution in [0.3, 0.4) is 0 Å². The molecule has 7 rings (SSSR count). The Morgan fingerprint density at radius 1 is 1.02 bits per heavy atom. The van der Waals surface area contributed by atoms with E-state index < -0.39 is 34.4 Å². The number of sulfonamides is 1. The molecule has 14 heteroatoms. The number of ether oxygens (including phenoxy) is 1. The summed E-state index contributed by atoms with van der Waals surface area (Å²) in [6, 6.07) is 12.9. The van der Waals surface area contributed by atoms with E-state index in [0.29, 0.717) is 29.5 Å². The first-order chi connectivity index (χ1) is 22.9. The van der Waals surface area contributed by atoms with Crippen molar-refractivity contribution >= 4 is 27.6 Å². The van der Waals surface area contributed by atoms with Crippen molar-refractivity contribution in [2.24, 2.45) is 5.92 Å². The van der Waals surface area contributed by atoms with Gasteiger partial charge in [0.1, 0.15) is 12.4 Å². The summed E-state index contributed by atoms with van der Waals surface area (Å²) >= 11 is 0. The average Bonchev–Trinajstić information content (AvgIpc) is 3.80. The van der Waals surface area contributed by atoms with Gasteiger partial charge >= 0.3 is 0 Å². The Bertz CT molecular complexity index is 1950. The van der Waals surface area contributed by atoms with Crippen molar-refractivity contribution in [1.82, 2.24) is 24.8 Å². The van der Waals surface area contributed by atoms with Gasteiger partial charge in [-0.15, -0.1) is 0 Å². The summed E-state index contributed by atoms with van der Waals surface area (Å²) in [5, 5.41) is 0. The largest absolute Gasteiger partial charge is 0.475 e. The molecule has 1 saturated heterocycles. The van der Waals surface area contributed by atoms with Crippen LogP contribution in [0.2, 0.25) is 0 Å². The molecule has 11 nitrogen and oxygen atoms in total. The summed E-state index contributed by atoms with van der Waals surface area (Å²) in [5.41, 5.74) is 3.88. The number of nitrogens with zero attached hydrogens (tertiary/aromatic N) is 6. The topological polar surface area (TPSA) is 131 Å². The van der Waals surface area contributed by atoms with E-state index in [1.165, 1.54) is 30.6 Å². The predicted molar refractivity (Wildman–Crippen MR) is 174 cm³/mol. The van der Waals surface area contributed by atoms with Crippen LogP contribution >= 0.6 is 0 Å². The van der Waals surface area contributed by atoms with Gasteiger partial charge in [0, 0.05) is 30.2 Å². The third kappa shape index (κ3) is 6.80. The maximum Gasteiger partial charge on any atom is 0.266 e. The molecule has 1 amide bonds. The highest BCUT2D eigenvalue weighted by atomic mass is 32.2. The highest BCUT2D eigenvalue weighted by Gasteiger charge is 2.39. The van der Waals surface area contributed by atoms with E-state index in [-0.39, 0.29) is 48.4 Å². The SMILES string of the molecule is Cc1cccc(C)c1-c1cc2nc(n1)NS(=O)(=O)c1cccc(c1)C(=O)N(Cc1ncc(N3CCC(F)(F)C3)cn1)[C@H](CC1CC1)CO2. The molecule has 4 heterocycles. The first-order valence-electron chi connectivity index (χ1n) is 15.9. The van der Waals surface area contributed by atoms with E-state index >= 15 is 0 Å². The predicted octanol–water partition coefficient (Wildman–Crippen LogP) is 5.40. The third-order valence-corrected chi connectivity index (χ3v) is 10.3. The monoisotopic (exact) mass is 675 g/mol. The Morgan fingerprint density at radius 2 is 1.75 bits per heavy atom. The molecule has 0 spiro atoms. The van der Waals surface area contributed by atoms with Crippen molar-refractivity contribution in [1.29, 1.82) is 0 Å². The van der Waals surface area contributed by atoms with Crippen LogP contribution in [0.15, 0.2) is 65.8 Å². The van der Waals surface area contributed by atoms with Gasteiger partial charge in [0.25, 0.3) is 21.9 Å². The lowest BCUT2D eigenvalue weighted by Crippen LogP contribution is -2.44. The van der Waals surface area contributed by atoms with Gasteiger partial charge in [-0.3, -0.25) is 4.79 Å². The van der Waals surface area contributed by atoms with Gasteiger partial charge in [-0.25, -0.2) is 36.9 Å². The van der Waals surface area contributed by atoms with Gasteiger partial charge in [0.05, 0.1) is 47.8 Å². The van der Waals surface area contributed by atoms with Gasteiger partial charge in [0.2, 0.25) is 11.8 Å². The third-order valence-electron chi connectivity index (χ3n) is 9.02. The number of carbonyl (C=O) groups is 1. The molecule has 1 saturated carbocycles. The maximum absolute atomic E-state index is 14.3. The fourth-order valence-electron chi connectivity index (χ4n) is 6.31. The molecule has 4 bridgehead atoms. The van der Waals surface area contributed by atoms with E-state index in [1.54, 1.807) is 21.9 Å². The Balaban J connectivity index is 1.28. The smallest absolute Gasteiger partial charge is 0.266 e. The lowest BCUT2D eigenvalue weighted by atomic mass is 10.00. The summed E-state index contributed by atoms with van der Waals surface area (Å²) in [4.78, 5) is 35.2. The molecule has 0 unspecified atom stereocenters. The number of amides is 1. The number of anilines is 2. The van der Waals surface area contributed by atoms with Crippen LogP contribution in [-0.2, 0) is 16.6 Å². The van der Waals surface area contributed by atoms with Gasteiger partial charge in [-0.1, -0.05) is 37.1 Å². The second kappa shape index (κ2) is 12.4. The number of aryl methyl sites for hydroxylation is 2. The lowest BCUT2D eigenvalue weighted by molar-refractivity contribution is 0.0257. The summed E-state index contributed by atoms with van der Waals surface area (Å²) in [6.45, 7) is 3.77. The molecule has 0 radical (unpaired) electrons.